The highest BCUT2D eigenvalue weighted by atomic mass is 16.2. The number of amides is 2. The van der Waals surface area contributed by atoms with Crippen LogP contribution in [-0.2, 0) is 17.6 Å². The first-order valence-electron chi connectivity index (χ1n) is 8.34. The van der Waals surface area contributed by atoms with Crippen LogP contribution < -0.4 is 10.6 Å². The smallest absolute Gasteiger partial charge is 0.256 e. The topological polar surface area (TPSA) is 70.6 Å². The van der Waals surface area contributed by atoms with Gasteiger partial charge in [0.2, 0.25) is 5.91 Å². The molecule has 25 heavy (non-hydrogen) atoms. The Morgan fingerprint density at radius 1 is 1.00 bits per heavy atom. The molecule has 5 heteroatoms. The SMILES string of the molecule is CC1(C)Cc2cc(N=C3Cc4ccccc4C(=O)N3)ccc2NC1=O. The number of carbonyl (C=O) groups excluding carboxylic acids is 2. The molecule has 2 aliphatic heterocycles. The second-order valence-electron chi connectivity index (χ2n) is 7.20. The first-order valence-corrected chi connectivity index (χ1v) is 8.34. The van der Waals surface area contributed by atoms with Crippen molar-refractivity contribution in [2.45, 2.75) is 26.7 Å². The molecule has 0 radical (unpaired) electrons. The molecule has 5 nitrogen and oxygen atoms in total. The highest BCUT2D eigenvalue weighted by Gasteiger charge is 2.33. The Balaban J connectivity index is 1.65. The fraction of sp³-hybridized carbons (Fsp3) is 0.250. The molecule has 0 bridgehead atoms. The van der Waals surface area contributed by atoms with Crippen LogP contribution in [0.3, 0.4) is 0 Å². The molecule has 4 rings (SSSR count). The number of amidine groups is 1. The van der Waals surface area contributed by atoms with E-state index < -0.39 is 5.41 Å². The van der Waals surface area contributed by atoms with Gasteiger partial charge in [0, 0.05) is 23.1 Å². The van der Waals surface area contributed by atoms with Crippen LogP contribution in [0, 0.1) is 5.41 Å². The summed E-state index contributed by atoms with van der Waals surface area (Å²) in [5.41, 5.74) is 3.94. The summed E-state index contributed by atoms with van der Waals surface area (Å²) in [7, 11) is 0. The molecular weight excluding hydrogens is 314 g/mol. The molecule has 2 N–H and O–H groups in total. The maximum atomic E-state index is 12.2. The lowest BCUT2D eigenvalue weighted by molar-refractivity contribution is -0.124. The van der Waals surface area contributed by atoms with E-state index in [0.29, 0.717) is 24.2 Å². The Morgan fingerprint density at radius 2 is 1.80 bits per heavy atom. The predicted octanol–water partition coefficient (Wildman–Crippen LogP) is 3.22. The van der Waals surface area contributed by atoms with E-state index >= 15 is 0 Å². The van der Waals surface area contributed by atoms with Gasteiger partial charge in [0.25, 0.3) is 5.91 Å². The van der Waals surface area contributed by atoms with Crippen LogP contribution in [0.4, 0.5) is 11.4 Å². The average molecular weight is 333 g/mol. The molecule has 2 heterocycles. The Kier molecular flexibility index (Phi) is 3.46. The van der Waals surface area contributed by atoms with E-state index in [9.17, 15) is 9.59 Å². The fourth-order valence-corrected chi connectivity index (χ4v) is 3.31. The van der Waals surface area contributed by atoms with Crippen LogP contribution >= 0.6 is 0 Å². The molecular formula is C20H19N3O2. The molecule has 0 aliphatic carbocycles. The minimum Gasteiger partial charge on any atom is -0.325 e. The number of anilines is 1. The van der Waals surface area contributed by atoms with Gasteiger partial charge in [0.15, 0.2) is 0 Å². The van der Waals surface area contributed by atoms with Gasteiger partial charge < -0.3 is 10.6 Å². The van der Waals surface area contributed by atoms with Crippen molar-refractivity contribution in [2.75, 3.05) is 5.32 Å². The van der Waals surface area contributed by atoms with Crippen LogP contribution in [0.1, 0.15) is 35.3 Å². The van der Waals surface area contributed by atoms with Gasteiger partial charge in [-0.2, -0.15) is 0 Å². The van der Waals surface area contributed by atoms with Crippen LogP contribution in [0.5, 0.6) is 0 Å². The Labute approximate surface area is 146 Å². The number of carbonyl (C=O) groups is 2. The van der Waals surface area contributed by atoms with Gasteiger partial charge in [-0.3, -0.25) is 9.59 Å². The summed E-state index contributed by atoms with van der Waals surface area (Å²) < 4.78 is 0. The third-order valence-corrected chi connectivity index (χ3v) is 4.73. The van der Waals surface area contributed by atoms with Gasteiger partial charge in [-0.1, -0.05) is 32.0 Å². The largest absolute Gasteiger partial charge is 0.325 e. The van der Waals surface area contributed by atoms with E-state index in [1.54, 1.807) is 0 Å². The summed E-state index contributed by atoms with van der Waals surface area (Å²) in [6.45, 7) is 3.87. The molecule has 0 fully saturated rings. The molecule has 2 amide bonds. The second kappa shape index (κ2) is 5.55. The number of hydrogen-bond donors (Lipinski definition) is 2. The van der Waals surface area contributed by atoms with Crippen molar-refractivity contribution in [2.24, 2.45) is 10.4 Å². The van der Waals surface area contributed by atoms with Gasteiger partial charge in [-0.25, -0.2) is 4.99 Å². The zero-order valence-corrected chi connectivity index (χ0v) is 14.2. The minimum absolute atomic E-state index is 0.0372. The van der Waals surface area contributed by atoms with E-state index in [2.05, 4.69) is 15.6 Å². The summed E-state index contributed by atoms with van der Waals surface area (Å²) in [4.78, 5) is 28.9. The third kappa shape index (κ3) is 2.82. The Bertz CT molecular complexity index is 928. The fourth-order valence-electron chi connectivity index (χ4n) is 3.31. The van der Waals surface area contributed by atoms with Crippen LogP contribution in [0.15, 0.2) is 47.5 Å². The molecule has 0 atom stereocenters. The number of aliphatic imine (C=N–C) groups is 1. The number of rotatable bonds is 1. The van der Waals surface area contributed by atoms with E-state index in [0.717, 1.165) is 22.5 Å². The number of nitrogens with one attached hydrogen (secondary N) is 2. The molecule has 2 aliphatic rings. The molecule has 126 valence electrons. The van der Waals surface area contributed by atoms with Gasteiger partial charge >= 0.3 is 0 Å². The van der Waals surface area contributed by atoms with Gasteiger partial charge in [-0.15, -0.1) is 0 Å². The third-order valence-electron chi connectivity index (χ3n) is 4.73. The van der Waals surface area contributed by atoms with Crippen molar-refractivity contribution in [1.29, 1.82) is 0 Å². The molecule has 2 aromatic rings. The summed E-state index contributed by atoms with van der Waals surface area (Å²) >= 11 is 0. The maximum Gasteiger partial charge on any atom is 0.256 e. The summed E-state index contributed by atoms with van der Waals surface area (Å²) in [6, 6.07) is 13.3. The van der Waals surface area contributed by atoms with Crippen molar-refractivity contribution < 1.29 is 9.59 Å². The monoisotopic (exact) mass is 333 g/mol. The highest BCUT2D eigenvalue weighted by Crippen LogP contribution is 2.35. The summed E-state index contributed by atoms with van der Waals surface area (Å²) in [5, 5.41) is 5.81. The number of nitrogens with zero attached hydrogens (tertiary/aromatic N) is 1. The van der Waals surface area contributed by atoms with Gasteiger partial charge in [0.05, 0.1) is 5.69 Å². The average Bonchev–Trinajstić information content (AvgIpc) is 2.56. The van der Waals surface area contributed by atoms with Crippen molar-refractivity contribution in [3.05, 3.63) is 59.2 Å². The zero-order valence-electron chi connectivity index (χ0n) is 14.2. The summed E-state index contributed by atoms with van der Waals surface area (Å²) in [6.07, 6.45) is 1.27. The van der Waals surface area contributed by atoms with Crippen LogP contribution in [0.2, 0.25) is 0 Å². The predicted molar refractivity (Wildman–Crippen MR) is 97.3 cm³/mol. The second-order valence-corrected chi connectivity index (χ2v) is 7.20. The van der Waals surface area contributed by atoms with Crippen LogP contribution in [-0.4, -0.2) is 17.6 Å². The Hall–Kier alpha value is -2.95. The zero-order chi connectivity index (χ0) is 17.6. The van der Waals surface area contributed by atoms with E-state index in [-0.39, 0.29) is 11.8 Å². The molecule has 0 spiro atoms. The standard InChI is InChI=1S/C20H19N3O2/c1-20(2)11-13-9-14(7-8-16(13)22-19(20)25)21-17-10-12-5-3-4-6-15(12)18(24)23-17/h3-9H,10-11H2,1-2H3,(H,22,25)(H,21,23,24). The molecule has 0 saturated heterocycles. The maximum absolute atomic E-state index is 12.2. The highest BCUT2D eigenvalue weighted by molar-refractivity contribution is 6.12. The van der Waals surface area contributed by atoms with Gasteiger partial charge in [-0.05, 0) is 41.8 Å². The van der Waals surface area contributed by atoms with Crippen LogP contribution in [0.25, 0.3) is 0 Å². The van der Waals surface area contributed by atoms with E-state index in [4.69, 9.17) is 0 Å². The lowest BCUT2D eigenvalue weighted by Crippen LogP contribution is -2.37. The van der Waals surface area contributed by atoms with Crippen molar-refractivity contribution >= 4 is 29.0 Å². The Morgan fingerprint density at radius 3 is 2.64 bits per heavy atom. The molecule has 0 saturated carbocycles. The van der Waals surface area contributed by atoms with E-state index in [1.807, 2.05) is 56.3 Å². The molecule has 0 aromatic heterocycles. The molecule has 2 aromatic carbocycles. The van der Waals surface area contributed by atoms with Gasteiger partial charge in [0.1, 0.15) is 5.84 Å². The number of fused-ring (bicyclic) bond motifs is 2. The van der Waals surface area contributed by atoms with Crippen molar-refractivity contribution in [3.8, 4) is 0 Å². The lowest BCUT2D eigenvalue weighted by Gasteiger charge is -2.30. The minimum atomic E-state index is -0.434. The summed E-state index contributed by atoms with van der Waals surface area (Å²) in [5.74, 6) is 0.560. The lowest BCUT2D eigenvalue weighted by atomic mass is 9.81. The first-order chi connectivity index (χ1) is 11.9. The van der Waals surface area contributed by atoms with Crippen molar-refractivity contribution in [3.63, 3.8) is 0 Å². The molecule has 0 unspecified atom stereocenters. The quantitative estimate of drug-likeness (QED) is 0.841. The number of hydrogen-bond acceptors (Lipinski definition) is 3. The number of benzene rings is 2. The van der Waals surface area contributed by atoms with Crippen molar-refractivity contribution in [1.82, 2.24) is 5.32 Å². The van der Waals surface area contributed by atoms with E-state index in [1.165, 1.54) is 0 Å². The normalized spacial score (nSPS) is 19.7. The first kappa shape index (κ1) is 15.6.